The maximum Gasteiger partial charge on any atom is 0.144 e. The zero-order valence-electron chi connectivity index (χ0n) is 12.3. The van der Waals surface area contributed by atoms with E-state index in [2.05, 4.69) is 37.0 Å². The Bertz CT molecular complexity index is 648. The number of rotatable bonds is 2. The Kier molecular flexibility index (Phi) is 5.61. The van der Waals surface area contributed by atoms with Gasteiger partial charge in [-0.15, -0.1) is 0 Å². The Morgan fingerprint density at radius 2 is 1.60 bits per heavy atom. The van der Waals surface area contributed by atoms with Crippen molar-refractivity contribution in [3.63, 3.8) is 0 Å². The van der Waals surface area contributed by atoms with E-state index in [0.29, 0.717) is 5.69 Å². The number of nitrogens with zero attached hydrogens (tertiary/aromatic N) is 1. The van der Waals surface area contributed by atoms with Crippen LogP contribution in [-0.2, 0) is 18.6 Å². The summed E-state index contributed by atoms with van der Waals surface area (Å²) in [5.74, 6) is 0.257. The molecule has 2 aromatic rings. The molecular weight excluding hydrogens is 285 g/mol. The van der Waals surface area contributed by atoms with Gasteiger partial charge in [0.25, 0.3) is 0 Å². The first-order valence-electron chi connectivity index (χ1n) is 6.39. The molecule has 0 saturated heterocycles. The van der Waals surface area contributed by atoms with Crippen molar-refractivity contribution < 1.29 is 23.7 Å². The Morgan fingerprint density at radius 1 is 0.900 bits per heavy atom. The average Bonchev–Trinajstić information content (AvgIpc) is 2.35. The summed E-state index contributed by atoms with van der Waals surface area (Å²) in [6.45, 7) is 8.01. The van der Waals surface area contributed by atoms with Crippen molar-refractivity contribution in [1.82, 2.24) is 0 Å². The molecule has 20 heavy (non-hydrogen) atoms. The number of aromatic hydroxyl groups is 1. The molecule has 0 heterocycles. The number of benzene rings is 2. The molecule has 2 nitrogen and oxygen atoms in total. The molecule has 103 valence electrons. The second-order valence-corrected chi connectivity index (χ2v) is 5.07. The first-order chi connectivity index (χ1) is 8.97. The van der Waals surface area contributed by atoms with Gasteiger partial charge in [-0.3, -0.25) is 4.99 Å². The van der Waals surface area contributed by atoms with E-state index >= 15 is 0 Å². The Hall–Kier alpha value is -1.51. The topological polar surface area (TPSA) is 32.6 Å². The van der Waals surface area contributed by atoms with Crippen LogP contribution in [0.15, 0.2) is 35.3 Å². The molecular formula is C17H19NOV. The van der Waals surface area contributed by atoms with Crippen LogP contribution in [0.25, 0.3) is 0 Å². The van der Waals surface area contributed by atoms with Gasteiger partial charge in [0.05, 0.1) is 0 Å². The fraction of sp³-hybridized carbons (Fsp3) is 0.235. The van der Waals surface area contributed by atoms with Crippen LogP contribution in [-0.4, -0.2) is 11.3 Å². The monoisotopic (exact) mass is 304 g/mol. The van der Waals surface area contributed by atoms with Crippen LogP contribution in [0.1, 0.15) is 27.8 Å². The Labute approximate surface area is 132 Å². The van der Waals surface area contributed by atoms with Gasteiger partial charge in [-0.05, 0) is 56.0 Å². The van der Waals surface area contributed by atoms with Gasteiger partial charge >= 0.3 is 0 Å². The largest absolute Gasteiger partial charge is 0.505 e. The van der Waals surface area contributed by atoms with Gasteiger partial charge in [-0.1, -0.05) is 29.8 Å². The minimum Gasteiger partial charge on any atom is -0.505 e. The first kappa shape index (κ1) is 16.5. The van der Waals surface area contributed by atoms with E-state index in [4.69, 9.17) is 0 Å². The number of phenols is 1. The van der Waals surface area contributed by atoms with Crippen LogP contribution < -0.4 is 0 Å². The average molecular weight is 304 g/mol. The normalized spacial score (nSPS) is 10.6. The molecule has 0 aromatic heterocycles. The second kappa shape index (κ2) is 6.78. The van der Waals surface area contributed by atoms with E-state index in [9.17, 15) is 5.11 Å². The smallest absolute Gasteiger partial charge is 0.144 e. The van der Waals surface area contributed by atoms with E-state index < -0.39 is 0 Å². The SMILES string of the molecule is Cc1ccc(C)c(C=Nc2cc(C)cc(C)c2O)c1.[V]. The predicted octanol–water partition coefficient (Wildman–Crippen LogP) is 4.37. The molecule has 0 atom stereocenters. The summed E-state index contributed by atoms with van der Waals surface area (Å²) in [7, 11) is 0. The van der Waals surface area contributed by atoms with Crippen molar-refractivity contribution in [2.45, 2.75) is 27.7 Å². The van der Waals surface area contributed by atoms with Gasteiger partial charge in [0.1, 0.15) is 11.4 Å². The molecule has 2 aromatic carbocycles. The van der Waals surface area contributed by atoms with Crippen molar-refractivity contribution in [2.75, 3.05) is 0 Å². The van der Waals surface area contributed by atoms with Crippen LogP contribution >= 0.6 is 0 Å². The van der Waals surface area contributed by atoms with Gasteiger partial charge in [0, 0.05) is 24.8 Å². The van der Waals surface area contributed by atoms with Crippen molar-refractivity contribution in [3.8, 4) is 5.75 Å². The van der Waals surface area contributed by atoms with E-state index in [1.165, 1.54) is 11.1 Å². The van der Waals surface area contributed by atoms with Crippen LogP contribution in [0.4, 0.5) is 5.69 Å². The van der Waals surface area contributed by atoms with Gasteiger partial charge < -0.3 is 5.11 Å². The van der Waals surface area contributed by atoms with E-state index in [1.807, 2.05) is 32.2 Å². The maximum absolute atomic E-state index is 10.0. The summed E-state index contributed by atoms with van der Waals surface area (Å²) < 4.78 is 0. The summed E-state index contributed by atoms with van der Waals surface area (Å²) in [5, 5.41) is 10.0. The molecule has 0 spiro atoms. The fourth-order valence-corrected chi connectivity index (χ4v) is 2.07. The molecule has 0 unspecified atom stereocenters. The molecule has 0 fully saturated rings. The molecule has 0 aliphatic heterocycles. The van der Waals surface area contributed by atoms with E-state index in [1.54, 1.807) is 0 Å². The summed E-state index contributed by atoms with van der Waals surface area (Å²) in [4.78, 5) is 4.42. The molecule has 0 amide bonds. The molecule has 1 radical (unpaired) electrons. The van der Waals surface area contributed by atoms with Crippen molar-refractivity contribution in [1.29, 1.82) is 0 Å². The minimum atomic E-state index is 0. The van der Waals surface area contributed by atoms with Crippen molar-refractivity contribution in [3.05, 3.63) is 58.1 Å². The molecule has 3 heteroatoms. The number of aryl methyl sites for hydroxylation is 4. The number of phenolic OH excluding ortho intramolecular Hbond substituents is 1. The fourth-order valence-electron chi connectivity index (χ4n) is 2.07. The number of aliphatic imine (C=N–C) groups is 1. The summed E-state index contributed by atoms with van der Waals surface area (Å²) in [6, 6.07) is 10.1. The second-order valence-electron chi connectivity index (χ2n) is 5.07. The van der Waals surface area contributed by atoms with Gasteiger partial charge in [-0.2, -0.15) is 0 Å². The Morgan fingerprint density at radius 3 is 2.30 bits per heavy atom. The standard InChI is InChI=1S/C17H19NO.V/c1-11-5-6-13(3)15(8-11)10-18-16-9-12(2)7-14(4)17(16)19;/h5-10,19H,1-4H3;. The van der Waals surface area contributed by atoms with Gasteiger partial charge in [0.2, 0.25) is 0 Å². The molecule has 0 aliphatic carbocycles. The van der Waals surface area contributed by atoms with Crippen LogP contribution in [0.5, 0.6) is 5.75 Å². The Balaban J connectivity index is 0.00000200. The third kappa shape index (κ3) is 3.75. The van der Waals surface area contributed by atoms with E-state index in [0.717, 1.165) is 16.7 Å². The zero-order valence-corrected chi connectivity index (χ0v) is 13.7. The molecule has 2 rings (SSSR count). The third-order valence-corrected chi connectivity index (χ3v) is 3.20. The van der Waals surface area contributed by atoms with Crippen LogP contribution in [0, 0.1) is 27.7 Å². The summed E-state index contributed by atoms with van der Waals surface area (Å²) in [6.07, 6.45) is 1.82. The third-order valence-electron chi connectivity index (χ3n) is 3.20. The molecule has 0 bridgehead atoms. The van der Waals surface area contributed by atoms with Crippen molar-refractivity contribution >= 4 is 11.9 Å². The number of hydrogen-bond donors (Lipinski definition) is 1. The molecule has 0 aliphatic rings. The van der Waals surface area contributed by atoms with Gasteiger partial charge in [-0.25, -0.2) is 0 Å². The summed E-state index contributed by atoms with van der Waals surface area (Å²) >= 11 is 0. The van der Waals surface area contributed by atoms with Crippen LogP contribution in [0.3, 0.4) is 0 Å². The first-order valence-corrected chi connectivity index (χ1v) is 6.39. The molecule has 1 N–H and O–H groups in total. The van der Waals surface area contributed by atoms with Crippen molar-refractivity contribution in [2.24, 2.45) is 4.99 Å². The predicted molar refractivity (Wildman–Crippen MR) is 80.8 cm³/mol. The summed E-state index contributed by atoms with van der Waals surface area (Å²) in [5.41, 5.74) is 6.04. The van der Waals surface area contributed by atoms with Gasteiger partial charge in [0.15, 0.2) is 0 Å². The minimum absolute atomic E-state index is 0. The number of hydrogen-bond acceptors (Lipinski definition) is 2. The quantitative estimate of drug-likeness (QED) is 0.821. The zero-order chi connectivity index (χ0) is 14.0. The van der Waals surface area contributed by atoms with Crippen LogP contribution in [0.2, 0.25) is 0 Å². The maximum atomic E-state index is 10.0. The van der Waals surface area contributed by atoms with E-state index in [-0.39, 0.29) is 24.3 Å². The molecule has 0 saturated carbocycles.